The summed E-state index contributed by atoms with van der Waals surface area (Å²) in [6.45, 7) is 0. The molecular formula is C19H18N2. The number of nitrogens with zero attached hydrogens (tertiary/aromatic N) is 1. The number of hydrogen-bond acceptors (Lipinski definition) is 2. The van der Waals surface area contributed by atoms with Crippen molar-refractivity contribution < 1.29 is 0 Å². The molecule has 21 heavy (non-hydrogen) atoms. The Bertz CT molecular complexity index is 804. The SMILES string of the molecule is NC1(c2cccc3ccncc23)CCc2ccccc2C1. The first-order valence-corrected chi connectivity index (χ1v) is 7.45. The highest BCUT2D eigenvalue weighted by Gasteiger charge is 2.33. The maximum absolute atomic E-state index is 6.83. The Balaban J connectivity index is 1.85. The summed E-state index contributed by atoms with van der Waals surface area (Å²) >= 11 is 0. The molecule has 0 saturated carbocycles. The summed E-state index contributed by atoms with van der Waals surface area (Å²) in [5.74, 6) is 0. The molecule has 1 aliphatic carbocycles. The molecule has 0 spiro atoms. The van der Waals surface area contributed by atoms with Crippen LogP contribution in [0.3, 0.4) is 0 Å². The first-order valence-electron chi connectivity index (χ1n) is 7.45. The second-order valence-electron chi connectivity index (χ2n) is 6.00. The van der Waals surface area contributed by atoms with Gasteiger partial charge in [-0.25, -0.2) is 0 Å². The molecule has 4 rings (SSSR count). The van der Waals surface area contributed by atoms with Gasteiger partial charge in [-0.15, -0.1) is 0 Å². The van der Waals surface area contributed by atoms with E-state index < -0.39 is 0 Å². The van der Waals surface area contributed by atoms with E-state index in [-0.39, 0.29) is 5.54 Å². The van der Waals surface area contributed by atoms with E-state index in [0.29, 0.717) is 0 Å². The Labute approximate surface area is 124 Å². The molecule has 2 heteroatoms. The van der Waals surface area contributed by atoms with Gasteiger partial charge >= 0.3 is 0 Å². The molecule has 0 fully saturated rings. The highest BCUT2D eigenvalue weighted by molar-refractivity contribution is 5.85. The Kier molecular flexibility index (Phi) is 2.79. The van der Waals surface area contributed by atoms with E-state index in [9.17, 15) is 0 Å². The van der Waals surface area contributed by atoms with Crippen molar-refractivity contribution in [3.05, 3.63) is 77.6 Å². The number of aromatic nitrogens is 1. The summed E-state index contributed by atoms with van der Waals surface area (Å²) in [6, 6.07) is 17.1. The predicted molar refractivity (Wildman–Crippen MR) is 86.1 cm³/mol. The zero-order valence-corrected chi connectivity index (χ0v) is 11.9. The van der Waals surface area contributed by atoms with Gasteiger partial charge < -0.3 is 5.73 Å². The van der Waals surface area contributed by atoms with Crippen LogP contribution in [0, 0.1) is 0 Å². The van der Waals surface area contributed by atoms with Crippen LogP contribution < -0.4 is 5.73 Å². The summed E-state index contributed by atoms with van der Waals surface area (Å²) in [5, 5.41) is 2.40. The fourth-order valence-electron chi connectivity index (χ4n) is 3.54. The maximum atomic E-state index is 6.83. The van der Waals surface area contributed by atoms with Crippen LogP contribution in [-0.4, -0.2) is 4.98 Å². The molecule has 3 aromatic rings. The Morgan fingerprint density at radius 3 is 2.71 bits per heavy atom. The van der Waals surface area contributed by atoms with Gasteiger partial charge in [-0.1, -0.05) is 42.5 Å². The van der Waals surface area contributed by atoms with Crippen molar-refractivity contribution in [2.45, 2.75) is 24.8 Å². The minimum atomic E-state index is -0.295. The van der Waals surface area contributed by atoms with Crippen molar-refractivity contribution in [2.24, 2.45) is 5.73 Å². The quantitative estimate of drug-likeness (QED) is 0.736. The molecule has 1 atom stereocenters. The molecule has 2 nitrogen and oxygen atoms in total. The van der Waals surface area contributed by atoms with Crippen LogP contribution in [0.2, 0.25) is 0 Å². The third-order valence-corrected chi connectivity index (χ3v) is 4.68. The minimum absolute atomic E-state index is 0.295. The highest BCUT2D eigenvalue weighted by atomic mass is 14.8. The first kappa shape index (κ1) is 12.5. The van der Waals surface area contributed by atoms with Crippen LogP contribution >= 0.6 is 0 Å². The topological polar surface area (TPSA) is 38.9 Å². The van der Waals surface area contributed by atoms with E-state index >= 15 is 0 Å². The van der Waals surface area contributed by atoms with Crippen molar-refractivity contribution in [2.75, 3.05) is 0 Å². The lowest BCUT2D eigenvalue weighted by Crippen LogP contribution is -2.42. The third kappa shape index (κ3) is 2.03. The van der Waals surface area contributed by atoms with Crippen molar-refractivity contribution in [3.63, 3.8) is 0 Å². The Morgan fingerprint density at radius 2 is 1.81 bits per heavy atom. The molecule has 1 aliphatic rings. The number of aryl methyl sites for hydroxylation is 1. The van der Waals surface area contributed by atoms with Crippen molar-refractivity contribution in [1.82, 2.24) is 4.98 Å². The number of benzene rings is 2. The maximum Gasteiger partial charge on any atom is 0.0460 e. The van der Waals surface area contributed by atoms with Crippen LogP contribution in [-0.2, 0) is 18.4 Å². The third-order valence-electron chi connectivity index (χ3n) is 4.68. The van der Waals surface area contributed by atoms with Crippen LogP contribution in [0.5, 0.6) is 0 Å². The molecule has 2 aromatic carbocycles. The fourth-order valence-corrected chi connectivity index (χ4v) is 3.54. The molecule has 0 saturated heterocycles. The molecule has 0 bridgehead atoms. The molecule has 0 amide bonds. The van der Waals surface area contributed by atoms with Crippen LogP contribution in [0.25, 0.3) is 10.8 Å². The normalized spacial score (nSPS) is 21.2. The predicted octanol–water partition coefficient (Wildman–Crippen LogP) is 3.58. The minimum Gasteiger partial charge on any atom is -0.321 e. The summed E-state index contributed by atoms with van der Waals surface area (Å²) in [6.07, 6.45) is 6.71. The summed E-state index contributed by atoms with van der Waals surface area (Å²) in [5.41, 5.74) is 10.6. The molecule has 1 unspecified atom stereocenters. The molecule has 2 N–H and O–H groups in total. The molecule has 0 radical (unpaired) electrons. The van der Waals surface area contributed by atoms with Crippen molar-refractivity contribution in [1.29, 1.82) is 0 Å². The van der Waals surface area contributed by atoms with Crippen LogP contribution in [0.15, 0.2) is 60.9 Å². The lowest BCUT2D eigenvalue weighted by Gasteiger charge is -2.36. The monoisotopic (exact) mass is 274 g/mol. The smallest absolute Gasteiger partial charge is 0.0460 e. The van der Waals surface area contributed by atoms with E-state index in [2.05, 4.69) is 53.5 Å². The van der Waals surface area contributed by atoms with Crippen molar-refractivity contribution >= 4 is 10.8 Å². The molecule has 1 heterocycles. The molecular weight excluding hydrogens is 256 g/mol. The van der Waals surface area contributed by atoms with Gasteiger partial charge in [0.25, 0.3) is 0 Å². The zero-order valence-electron chi connectivity index (χ0n) is 11.9. The lowest BCUT2D eigenvalue weighted by molar-refractivity contribution is 0.388. The average molecular weight is 274 g/mol. The average Bonchev–Trinajstić information content (AvgIpc) is 2.54. The van der Waals surface area contributed by atoms with E-state index in [4.69, 9.17) is 5.73 Å². The zero-order chi connectivity index (χ0) is 14.3. The molecule has 0 aliphatic heterocycles. The highest BCUT2D eigenvalue weighted by Crippen LogP contribution is 2.37. The Hall–Kier alpha value is -2.19. The largest absolute Gasteiger partial charge is 0.321 e. The Morgan fingerprint density at radius 1 is 0.952 bits per heavy atom. The molecule has 104 valence electrons. The van der Waals surface area contributed by atoms with Gasteiger partial charge in [-0.3, -0.25) is 4.98 Å². The second kappa shape index (κ2) is 4.68. The number of pyridine rings is 1. The summed E-state index contributed by atoms with van der Waals surface area (Å²) in [4.78, 5) is 4.29. The van der Waals surface area contributed by atoms with Gasteiger partial charge in [0.05, 0.1) is 0 Å². The number of nitrogens with two attached hydrogens (primary N) is 1. The van der Waals surface area contributed by atoms with Gasteiger partial charge in [-0.05, 0) is 47.4 Å². The van der Waals surface area contributed by atoms with E-state index in [1.54, 1.807) is 0 Å². The van der Waals surface area contributed by atoms with Crippen molar-refractivity contribution in [3.8, 4) is 0 Å². The molecule has 1 aromatic heterocycles. The lowest BCUT2D eigenvalue weighted by atomic mass is 9.73. The van der Waals surface area contributed by atoms with Gasteiger partial charge in [0.2, 0.25) is 0 Å². The summed E-state index contributed by atoms with van der Waals surface area (Å²) < 4.78 is 0. The van der Waals surface area contributed by atoms with E-state index in [1.807, 2.05) is 12.4 Å². The van der Waals surface area contributed by atoms with Crippen LogP contribution in [0.4, 0.5) is 0 Å². The van der Waals surface area contributed by atoms with E-state index in [1.165, 1.54) is 27.5 Å². The first-order chi connectivity index (χ1) is 10.3. The van der Waals surface area contributed by atoms with Gasteiger partial charge in [0.1, 0.15) is 0 Å². The fraction of sp³-hybridized carbons (Fsp3) is 0.211. The van der Waals surface area contributed by atoms with Crippen LogP contribution in [0.1, 0.15) is 23.1 Å². The number of rotatable bonds is 1. The van der Waals surface area contributed by atoms with Gasteiger partial charge in [-0.2, -0.15) is 0 Å². The van der Waals surface area contributed by atoms with E-state index in [0.717, 1.165) is 19.3 Å². The second-order valence-corrected chi connectivity index (χ2v) is 6.00. The van der Waals surface area contributed by atoms with Gasteiger partial charge in [0, 0.05) is 23.3 Å². The standard InChI is InChI=1S/C19H18N2/c20-19(10-8-14-4-1-2-5-16(14)12-19)18-7-3-6-15-9-11-21-13-17(15)18/h1-7,9,11,13H,8,10,12,20H2. The number of fused-ring (bicyclic) bond motifs is 2. The number of hydrogen-bond donors (Lipinski definition) is 1. The summed E-state index contributed by atoms with van der Waals surface area (Å²) in [7, 11) is 0. The van der Waals surface area contributed by atoms with Gasteiger partial charge in [0.15, 0.2) is 0 Å².